The standard InChI is InChI=1S/C10H12BrN5O/c1-6-3-7(16-17-6)4-13-9-8(11)5-14-10(12-2)15-9/h3,5H,4H2,1-2H3,(H2,12,13,14,15). The summed E-state index contributed by atoms with van der Waals surface area (Å²) in [6, 6.07) is 1.88. The average molecular weight is 298 g/mol. The second-order valence-corrected chi connectivity index (χ2v) is 4.28. The number of hydrogen-bond donors (Lipinski definition) is 2. The first-order chi connectivity index (χ1) is 8.19. The topological polar surface area (TPSA) is 75.9 Å². The molecule has 2 aromatic rings. The van der Waals surface area contributed by atoms with Crippen LogP contribution in [0.4, 0.5) is 11.8 Å². The highest BCUT2D eigenvalue weighted by atomic mass is 79.9. The maximum absolute atomic E-state index is 4.98. The number of halogens is 1. The molecular formula is C10H12BrN5O. The van der Waals surface area contributed by atoms with E-state index in [1.807, 2.05) is 13.0 Å². The van der Waals surface area contributed by atoms with Crippen molar-refractivity contribution in [3.05, 3.63) is 28.2 Å². The number of nitrogens with zero attached hydrogens (tertiary/aromatic N) is 3. The number of anilines is 2. The van der Waals surface area contributed by atoms with Crippen LogP contribution in [0.1, 0.15) is 11.5 Å². The van der Waals surface area contributed by atoms with Crippen LogP contribution < -0.4 is 10.6 Å². The first-order valence-corrected chi connectivity index (χ1v) is 5.84. The maximum Gasteiger partial charge on any atom is 0.224 e. The Hall–Kier alpha value is -1.63. The van der Waals surface area contributed by atoms with Crippen molar-refractivity contribution in [2.75, 3.05) is 17.7 Å². The zero-order chi connectivity index (χ0) is 12.3. The summed E-state index contributed by atoms with van der Waals surface area (Å²) in [6.45, 7) is 2.41. The molecule has 0 amide bonds. The van der Waals surface area contributed by atoms with Crippen LogP contribution in [0.15, 0.2) is 21.3 Å². The zero-order valence-electron chi connectivity index (χ0n) is 9.49. The Morgan fingerprint density at radius 1 is 1.47 bits per heavy atom. The minimum atomic E-state index is 0.552. The highest BCUT2D eigenvalue weighted by Crippen LogP contribution is 2.20. The van der Waals surface area contributed by atoms with Crippen molar-refractivity contribution < 1.29 is 4.52 Å². The van der Waals surface area contributed by atoms with Gasteiger partial charge in [0.25, 0.3) is 0 Å². The van der Waals surface area contributed by atoms with Crippen LogP contribution in [0.3, 0.4) is 0 Å². The molecule has 2 N–H and O–H groups in total. The first-order valence-electron chi connectivity index (χ1n) is 5.05. The molecular weight excluding hydrogens is 286 g/mol. The van der Waals surface area contributed by atoms with E-state index in [9.17, 15) is 0 Å². The van der Waals surface area contributed by atoms with Gasteiger partial charge in [-0.2, -0.15) is 4.98 Å². The van der Waals surface area contributed by atoms with Crippen molar-refractivity contribution in [3.8, 4) is 0 Å². The molecule has 0 aliphatic heterocycles. The Labute approximate surface area is 107 Å². The van der Waals surface area contributed by atoms with E-state index >= 15 is 0 Å². The molecule has 2 rings (SSSR count). The quantitative estimate of drug-likeness (QED) is 0.901. The van der Waals surface area contributed by atoms with E-state index in [-0.39, 0.29) is 0 Å². The molecule has 0 aliphatic carbocycles. The van der Waals surface area contributed by atoms with Gasteiger partial charge < -0.3 is 15.2 Å². The van der Waals surface area contributed by atoms with Crippen LogP contribution in [0.5, 0.6) is 0 Å². The Morgan fingerprint density at radius 3 is 2.94 bits per heavy atom. The van der Waals surface area contributed by atoms with Crippen LogP contribution in [-0.4, -0.2) is 22.2 Å². The Balaban J connectivity index is 2.07. The van der Waals surface area contributed by atoms with E-state index in [4.69, 9.17) is 4.52 Å². The molecule has 0 bridgehead atoms. The number of aromatic nitrogens is 3. The molecule has 2 heterocycles. The predicted octanol–water partition coefficient (Wildman–Crippen LogP) is 2.19. The van der Waals surface area contributed by atoms with E-state index in [2.05, 4.69) is 41.7 Å². The molecule has 2 aromatic heterocycles. The van der Waals surface area contributed by atoms with E-state index < -0.39 is 0 Å². The highest BCUT2D eigenvalue weighted by molar-refractivity contribution is 9.10. The van der Waals surface area contributed by atoms with Gasteiger partial charge in [0.1, 0.15) is 17.3 Å². The minimum Gasteiger partial charge on any atom is -0.363 e. The largest absolute Gasteiger partial charge is 0.363 e. The summed E-state index contributed by atoms with van der Waals surface area (Å²) < 4.78 is 5.78. The molecule has 0 saturated carbocycles. The van der Waals surface area contributed by atoms with Crippen LogP contribution in [0, 0.1) is 6.92 Å². The highest BCUT2D eigenvalue weighted by Gasteiger charge is 2.05. The van der Waals surface area contributed by atoms with Gasteiger partial charge in [-0.1, -0.05) is 5.16 Å². The van der Waals surface area contributed by atoms with Gasteiger partial charge in [-0.05, 0) is 22.9 Å². The molecule has 0 unspecified atom stereocenters. The smallest absolute Gasteiger partial charge is 0.224 e. The molecule has 17 heavy (non-hydrogen) atoms. The third-order valence-corrected chi connectivity index (χ3v) is 2.66. The van der Waals surface area contributed by atoms with Crippen LogP contribution in [0.2, 0.25) is 0 Å². The van der Waals surface area contributed by atoms with Crippen molar-refractivity contribution in [2.45, 2.75) is 13.5 Å². The van der Waals surface area contributed by atoms with Gasteiger partial charge in [-0.25, -0.2) is 4.98 Å². The fourth-order valence-corrected chi connectivity index (χ4v) is 1.62. The molecule has 0 fully saturated rings. The van der Waals surface area contributed by atoms with Crippen LogP contribution >= 0.6 is 15.9 Å². The lowest BCUT2D eigenvalue weighted by molar-refractivity contribution is 0.391. The second-order valence-electron chi connectivity index (χ2n) is 3.42. The third kappa shape index (κ3) is 2.94. The summed E-state index contributed by atoms with van der Waals surface area (Å²) >= 11 is 3.38. The lowest BCUT2D eigenvalue weighted by Gasteiger charge is -2.06. The molecule has 6 nitrogen and oxygen atoms in total. The summed E-state index contributed by atoms with van der Waals surface area (Å²) in [7, 11) is 1.77. The van der Waals surface area contributed by atoms with Crippen LogP contribution in [-0.2, 0) is 6.54 Å². The van der Waals surface area contributed by atoms with E-state index in [0.717, 1.165) is 15.9 Å². The molecule has 0 aliphatic rings. The lowest BCUT2D eigenvalue weighted by atomic mass is 10.4. The Bertz CT molecular complexity index is 513. The molecule has 90 valence electrons. The fraction of sp³-hybridized carbons (Fsp3) is 0.300. The SMILES string of the molecule is CNc1ncc(Br)c(NCc2cc(C)on2)n1. The summed E-state index contributed by atoms with van der Waals surface area (Å²) in [5, 5.41) is 9.93. The molecule has 0 atom stereocenters. The summed E-state index contributed by atoms with van der Waals surface area (Å²) in [6.07, 6.45) is 1.69. The maximum atomic E-state index is 4.98. The second kappa shape index (κ2) is 5.13. The number of aryl methyl sites for hydroxylation is 1. The lowest BCUT2D eigenvalue weighted by Crippen LogP contribution is -2.05. The van der Waals surface area contributed by atoms with Crippen LogP contribution in [0.25, 0.3) is 0 Å². The molecule has 0 spiro atoms. The summed E-state index contributed by atoms with van der Waals surface area (Å²) in [5.74, 6) is 2.07. The van der Waals surface area contributed by atoms with Gasteiger partial charge in [0.05, 0.1) is 11.0 Å². The third-order valence-electron chi connectivity index (χ3n) is 2.08. The molecule has 0 saturated heterocycles. The van der Waals surface area contributed by atoms with E-state index in [1.54, 1.807) is 13.2 Å². The van der Waals surface area contributed by atoms with Gasteiger partial charge in [-0.15, -0.1) is 0 Å². The van der Waals surface area contributed by atoms with Crippen molar-refractivity contribution in [1.82, 2.24) is 15.1 Å². The Morgan fingerprint density at radius 2 is 2.29 bits per heavy atom. The zero-order valence-corrected chi connectivity index (χ0v) is 11.1. The van der Waals surface area contributed by atoms with Crippen molar-refractivity contribution >= 4 is 27.7 Å². The van der Waals surface area contributed by atoms with Crippen molar-refractivity contribution in [3.63, 3.8) is 0 Å². The van der Waals surface area contributed by atoms with Gasteiger partial charge in [0, 0.05) is 19.3 Å². The average Bonchev–Trinajstić information content (AvgIpc) is 2.74. The first kappa shape index (κ1) is 11.8. The number of hydrogen-bond acceptors (Lipinski definition) is 6. The van der Waals surface area contributed by atoms with E-state index in [1.165, 1.54) is 0 Å². The van der Waals surface area contributed by atoms with Gasteiger partial charge in [-0.3, -0.25) is 0 Å². The summed E-state index contributed by atoms with van der Waals surface area (Å²) in [4.78, 5) is 8.35. The number of nitrogens with one attached hydrogen (secondary N) is 2. The van der Waals surface area contributed by atoms with Gasteiger partial charge in [0.2, 0.25) is 5.95 Å². The monoisotopic (exact) mass is 297 g/mol. The Kier molecular flexibility index (Phi) is 3.58. The van der Waals surface area contributed by atoms with Crippen molar-refractivity contribution in [1.29, 1.82) is 0 Å². The summed E-state index contributed by atoms with van der Waals surface area (Å²) in [5.41, 5.74) is 0.832. The van der Waals surface area contributed by atoms with Gasteiger partial charge in [0.15, 0.2) is 0 Å². The molecule has 7 heteroatoms. The van der Waals surface area contributed by atoms with Gasteiger partial charge >= 0.3 is 0 Å². The molecule has 0 radical (unpaired) electrons. The number of rotatable bonds is 4. The fourth-order valence-electron chi connectivity index (χ4n) is 1.29. The van der Waals surface area contributed by atoms with E-state index in [0.29, 0.717) is 18.3 Å². The van der Waals surface area contributed by atoms with Crippen molar-refractivity contribution in [2.24, 2.45) is 0 Å². The predicted molar refractivity (Wildman–Crippen MR) is 67.8 cm³/mol. The minimum absolute atomic E-state index is 0.552. The normalized spacial score (nSPS) is 10.3. The molecule has 0 aromatic carbocycles.